The first-order valence-electron chi connectivity index (χ1n) is 5.08. The highest BCUT2D eigenvalue weighted by Crippen LogP contribution is 2.28. The summed E-state index contributed by atoms with van der Waals surface area (Å²) in [6, 6.07) is 2.25. The van der Waals surface area contributed by atoms with E-state index >= 15 is 0 Å². The second-order valence-electron chi connectivity index (χ2n) is 3.79. The van der Waals surface area contributed by atoms with Crippen molar-refractivity contribution in [3.63, 3.8) is 0 Å². The lowest BCUT2D eigenvalue weighted by Gasteiger charge is -2.03. The number of oxazole rings is 1. The van der Waals surface area contributed by atoms with E-state index in [-0.39, 0.29) is 0 Å². The Morgan fingerprint density at radius 2 is 2.25 bits per heavy atom. The number of hydrogen-bond acceptors (Lipinski definition) is 4. The van der Waals surface area contributed by atoms with Gasteiger partial charge < -0.3 is 14.2 Å². The molecule has 2 aromatic heterocycles. The van der Waals surface area contributed by atoms with Crippen molar-refractivity contribution in [3.8, 4) is 11.5 Å². The van der Waals surface area contributed by atoms with E-state index in [9.17, 15) is 0 Å². The van der Waals surface area contributed by atoms with Crippen molar-refractivity contribution in [3.05, 3.63) is 29.0 Å². The monoisotopic (exact) mass is 284 g/mol. The third kappa shape index (κ3) is 2.54. The average molecular weight is 285 g/mol. The molecular formula is C11H13BrN2O2. The molecule has 0 radical (unpaired) electrons. The molecule has 5 heteroatoms. The molecular weight excluding hydrogens is 272 g/mol. The van der Waals surface area contributed by atoms with Crippen LogP contribution in [0.1, 0.15) is 19.5 Å². The van der Waals surface area contributed by atoms with Crippen LogP contribution in [0.5, 0.6) is 0 Å². The summed E-state index contributed by atoms with van der Waals surface area (Å²) < 4.78 is 11.1. The van der Waals surface area contributed by atoms with Gasteiger partial charge in [-0.3, -0.25) is 0 Å². The SMILES string of the molecule is CC(C)NCc1coc(-c2ccoc2Br)n1. The van der Waals surface area contributed by atoms with Gasteiger partial charge in [-0.1, -0.05) is 13.8 Å². The topological polar surface area (TPSA) is 51.2 Å². The van der Waals surface area contributed by atoms with Gasteiger partial charge in [-0.15, -0.1) is 0 Å². The van der Waals surface area contributed by atoms with Crippen molar-refractivity contribution in [2.75, 3.05) is 0 Å². The van der Waals surface area contributed by atoms with E-state index in [2.05, 4.69) is 40.1 Å². The zero-order valence-electron chi connectivity index (χ0n) is 9.16. The lowest BCUT2D eigenvalue weighted by atomic mass is 10.3. The summed E-state index contributed by atoms with van der Waals surface area (Å²) in [5, 5.41) is 3.28. The van der Waals surface area contributed by atoms with E-state index in [1.54, 1.807) is 12.5 Å². The smallest absolute Gasteiger partial charge is 0.230 e. The minimum atomic E-state index is 0.431. The van der Waals surface area contributed by atoms with E-state index < -0.39 is 0 Å². The minimum absolute atomic E-state index is 0.431. The van der Waals surface area contributed by atoms with Gasteiger partial charge >= 0.3 is 0 Å². The summed E-state index contributed by atoms with van der Waals surface area (Å²) in [5.41, 5.74) is 1.72. The maximum absolute atomic E-state index is 5.38. The lowest BCUT2D eigenvalue weighted by molar-refractivity contribution is 0.535. The van der Waals surface area contributed by atoms with E-state index in [4.69, 9.17) is 8.83 Å². The first-order valence-corrected chi connectivity index (χ1v) is 5.87. The largest absolute Gasteiger partial charge is 0.457 e. The fourth-order valence-corrected chi connectivity index (χ4v) is 1.68. The molecule has 0 aliphatic carbocycles. The fraction of sp³-hybridized carbons (Fsp3) is 0.364. The molecule has 0 aliphatic rings. The molecule has 2 aromatic rings. The van der Waals surface area contributed by atoms with E-state index in [1.165, 1.54) is 0 Å². The highest BCUT2D eigenvalue weighted by molar-refractivity contribution is 9.10. The van der Waals surface area contributed by atoms with Gasteiger partial charge in [0.15, 0.2) is 4.67 Å². The normalized spacial score (nSPS) is 11.2. The molecule has 16 heavy (non-hydrogen) atoms. The highest BCUT2D eigenvalue weighted by atomic mass is 79.9. The van der Waals surface area contributed by atoms with Crippen LogP contribution in [0.15, 0.2) is 32.1 Å². The van der Waals surface area contributed by atoms with Crippen LogP contribution in [0.3, 0.4) is 0 Å². The first-order chi connectivity index (χ1) is 7.66. The Labute approximate surface area is 102 Å². The number of rotatable bonds is 4. The predicted octanol–water partition coefficient (Wildman–Crippen LogP) is 3.20. The van der Waals surface area contributed by atoms with Gasteiger partial charge in [0.1, 0.15) is 6.26 Å². The molecule has 0 saturated carbocycles. The number of halogens is 1. The van der Waals surface area contributed by atoms with Crippen LogP contribution in [0.25, 0.3) is 11.5 Å². The van der Waals surface area contributed by atoms with Crippen LogP contribution < -0.4 is 5.32 Å². The molecule has 0 unspecified atom stereocenters. The Morgan fingerprint density at radius 1 is 1.44 bits per heavy atom. The molecule has 0 atom stereocenters. The molecule has 0 aliphatic heterocycles. The molecule has 0 saturated heterocycles. The number of aromatic nitrogens is 1. The van der Waals surface area contributed by atoms with Gasteiger partial charge in [0.25, 0.3) is 0 Å². The quantitative estimate of drug-likeness (QED) is 0.937. The van der Waals surface area contributed by atoms with Gasteiger partial charge in [0.2, 0.25) is 5.89 Å². The number of nitrogens with one attached hydrogen (secondary N) is 1. The van der Waals surface area contributed by atoms with E-state index in [0.29, 0.717) is 23.1 Å². The number of nitrogens with zero attached hydrogens (tertiary/aromatic N) is 1. The lowest BCUT2D eigenvalue weighted by Crippen LogP contribution is -2.21. The molecule has 86 valence electrons. The Hall–Kier alpha value is -1.07. The molecule has 0 fully saturated rings. The van der Waals surface area contributed by atoms with Crippen LogP contribution in [0.2, 0.25) is 0 Å². The number of hydrogen-bond donors (Lipinski definition) is 1. The molecule has 2 rings (SSSR count). The van der Waals surface area contributed by atoms with Crippen molar-refractivity contribution in [2.24, 2.45) is 0 Å². The summed E-state index contributed by atoms with van der Waals surface area (Å²) in [7, 11) is 0. The van der Waals surface area contributed by atoms with Gasteiger partial charge in [-0.05, 0) is 22.0 Å². The van der Waals surface area contributed by atoms with Crippen LogP contribution >= 0.6 is 15.9 Å². The maximum Gasteiger partial charge on any atom is 0.230 e. The van der Waals surface area contributed by atoms with Crippen LogP contribution in [-0.2, 0) is 6.54 Å². The van der Waals surface area contributed by atoms with Gasteiger partial charge in [-0.25, -0.2) is 4.98 Å². The molecule has 2 heterocycles. The molecule has 4 nitrogen and oxygen atoms in total. The van der Waals surface area contributed by atoms with E-state index in [1.807, 2.05) is 6.07 Å². The zero-order chi connectivity index (χ0) is 11.5. The Kier molecular flexibility index (Phi) is 3.46. The summed E-state index contributed by atoms with van der Waals surface area (Å²) in [4.78, 5) is 4.37. The fourth-order valence-electron chi connectivity index (χ4n) is 1.27. The first kappa shape index (κ1) is 11.4. The average Bonchev–Trinajstić information content (AvgIpc) is 2.83. The third-order valence-corrected chi connectivity index (χ3v) is 2.71. The second kappa shape index (κ2) is 4.84. The predicted molar refractivity (Wildman–Crippen MR) is 63.9 cm³/mol. The highest BCUT2D eigenvalue weighted by Gasteiger charge is 2.12. The molecule has 0 spiro atoms. The Morgan fingerprint density at radius 3 is 2.88 bits per heavy atom. The van der Waals surface area contributed by atoms with Gasteiger partial charge in [-0.2, -0.15) is 0 Å². The minimum Gasteiger partial charge on any atom is -0.457 e. The van der Waals surface area contributed by atoms with Crippen LogP contribution in [0, 0.1) is 0 Å². The maximum atomic E-state index is 5.38. The summed E-state index contributed by atoms with van der Waals surface area (Å²) in [6.45, 7) is 4.89. The summed E-state index contributed by atoms with van der Waals surface area (Å²) in [5.74, 6) is 0.571. The molecule has 0 amide bonds. The second-order valence-corrected chi connectivity index (χ2v) is 4.51. The summed E-state index contributed by atoms with van der Waals surface area (Å²) in [6.07, 6.45) is 3.25. The Bertz CT molecular complexity index is 462. The number of furan rings is 1. The van der Waals surface area contributed by atoms with Crippen molar-refractivity contribution in [1.82, 2.24) is 10.3 Å². The molecule has 0 aromatic carbocycles. The van der Waals surface area contributed by atoms with Crippen LogP contribution in [0.4, 0.5) is 0 Å². The zero-order valence-corrected chi connectivity index (χ0v) is 10.7. The van der Waals surface area contributed by atoms with Crippen molar-refractivity contribution in [1.29, 1.82) is 0 Å². The molecule has 1 N–H and O–H groups in total. The Balaban J connectivity index is 2.11. The molecule has 0 bridgehead atoms. The van der Waals surface area contributed by atoms with Crippen molar-refractivity contribution in [2.45, 2.75) is 26.4 Å². The standard InChI is InChI=1S/C11H13BrN2O2/c1-7(2)13-5-8-6-16-11(14-8)9-3-4-15-10(9)12/h3-4,6-7,13H,5H2,1-2H3. The third-order valence-electron chi connectivity index (χ3n) is 2.09. The van der Waals surface area contributed by atoms with Gasteiger partial charge in [0.05, 0.1) is 17.5 Å². The summed E-state index contributed by atoms with van der Waals surface area (Å²) >= 11 is 3.29. The van der Waals surface area contributed by atoms with Crippen molar-refractivity contribution >= 4 is 15.9 Å². The van der Waals surface area contributed by atoms with E-state index in [0.717, 1.165) is 11.3 Å². The van der Waals surface area contributed by atoms with Crippen molar-refractivity contribution < 1.29 is 8.83 Å². The van der Waals surface area contributed by atoms with Gasteiger partial charge in [0, 0.05) is 12.6 Å². The van der Waals surface area contributed by atoms with Crippen LogP contribution in [-0.4, -0.2) is 11.0 Å².